The number of hydrogen-bond donors (Lipinski definition) is 0. The number of aldehydes is 1. The number of rotatable bonds is 2. The van der Waals surface area contributed by atoms with Gasteiger partial charge in [-0.05, 0) is 34.0 Å². The van der Waals surface area contributed by atoms with Crippen molar-refractivity contribution in [2.24, 2.45) is 0 Å². The molecule has 0 amide bonds. The van der Waals surface area contributed by atoms with Crippen molar-refractivity contribution < 1.29 is 9.18 Å². The van der Waals surface area contributed by atoms with E-state index in [2.05, 4.69) is 0 Å². The minimum Gasteiger partial charge on any atom is -0.298 e. The second kappa shape index (κ2) is 4.65. The number of carbonyl (C=O) groups excluding carboxylic acids is 1. The fourth-order valence-electron chi connectivity index (χ4n) is 2.31. The maximum atomic E-state index is 13.0. The molecule has 0 aliphatic carbocycles. The molecule has 0 saturated carbocycles. The molecule has 0 unspecified atom stereocenters. The average Bonchev–Trinajstić information content (AvgIpc) is 2.47. The predicted octanol–water partition coefficient (Wildman–Crippen LogP) is 4.46. The summed E-state index contributed by atoms with van der Waals surface area (Å²) < 4.78 is 13.0. The topological polar surface area (TPSA) is 17.1 Å². The van der Waals surface area contributed by atoms with Crippen LogP contribution >= 0.6 is 0 Å². The van der Waals surface area contributed by atoms with E-state index in [1.165, 1.54) is 12.1 Å². The Balaban J connectivity index is 2.30. The summed E-state index contributed by atoms with van der Waals surface area (Å²) in [7, 11) is 0. The molecule has 0 aliphatic heterocycles. The van der Waals surface area contributed by atoms with Crippen LogP contribution in [-0.2, 0) is 0 Å². The van der Waals surface area contributed by atoms with E-state index in [1.807, 2.05) is 30.3 Å². The zero-order chi connectivity index (χ0) is 13.2. The third kappa shape index (κ3) is 2.02. The van der Waals surface area contributed by atoms with Gasteiger partial charge in [-0.1, -0.05) is 48.5 Å². The van der Waals surface area contributed by atoms with Crippen LogP contribution in [0.15, 0.2) is 60.7 Å². The van der Waals surface area contributed by atoms with Gasteiger partial charge in [0.15, 0.2) is 6.29 Å². The smallest absolute Gasteiger partial charge is 0.150 e. The number of benzene rings is 3. The van der Waals surface area contributed by atoms with Gasteiger partial charge in [-0.15, -0.1) is 0 Å². The van der Waals surface area contributed by atoms with Crippen LogP contribution in [0.5, 0.6) is 0 Å². The largest absolute Gasteiger partial charge is 0.298 e. The van der Waals surface area contributed by atoms with Crippen molar-refractivity contribution in [3.63, 3.8) is 0 Å². The standard InChI is InChI=1S/C17H11FO/c18-14-8-5-12(6-9-14)16-10-7-13(11-19)15-3-1-2-4-17(15)16/h1-11H. The van der Waals surface area contributed by atoms with Crippen LogP contribution in [0.1, 0.15) is 10.4 Å². The van der Waals surface area contributed by atoms with Crippen LogP contribution in [0.4, 0.5) is 4.39 Å². The normalized spacial score (nSPS) is 10.6. The van der Waals surface area contributed by atoms with Gasteiger partial charge in [0.2, 0.25) is 0 Å². The van der Waals surface area contributed by atoms with Crippen molar-refractivity contribution in [3.8, 4) is 11.1 Å². The second-order valence-electron chi connectivity index (χ2n) is 4.37. The molecular weight excluding hydrogens is 239 g/mol. The highest BCUT2D eigenvalue weighted by molar-refractivity contribution is 6.05. The average molecular weight is 250 g/mol. The van der Waals surface area contributed by atoms with Crippen LogP contribution < -0.4 is 0 Å². The Kier molecular flexibility index (Phi) is 2.84. The van der Waals surface area contributed by atoms with Gasteiger partial charge in [0.25, 0.3) is 0 Å². The fourth-order valence-corrected chi connectivity index (χ4v) is 2.31. The summed E-state index contributed by atoms with van der Waals surface area (Å²) in [5.41, 5.74) is 2.61. The second-order valence-corrected chi connectivity index (χ2v) is 4.37. The van der Waals surface area contributed by atoms with Gasteiger partial charge < -0.3 is 0 Å². The highest BCUT2D eigenvalue weighted by atomic mass is 19.1. The number of carbonyl (C=O) groups is 1. The number of fused-ring (bicyclic) bond motifs is 1. The first-order valence-electron chi connectivity index (χ1n) is 6.02. The lowest BCUT2D eigenvalue weighted by Gasteiger charge is -2.08. The Labute approximate surface area is 110 Å². The lowest BCUT2D eigenvalue weighted by Crippen LogP contribution is -1.87. The summed E-state index contributed by atoms with van der Waals surface area (Å²) in [4.78, 5) is 11.1. The van der Waals surface area contributed by atoms with Gasteiger partial charge >= 0.3 is 0 Å². The van der Waals surface area contributed by atoms with Gasteiger partial charge in [0, 0.05) is 5.56 Å². The van der Waals surface area contributed by atoms with Crippen LogP contribution in [0, 0.1) is 5.82 Å². The molecular formula is C17H11FO. The summed E-state index contributed by atoms with van der Waals surface area (Å²) in [6.45, 7) is 0. The monoisotopic (exact) mass is 250 g/mol. The van der Waals surface area contributed by atoms with Crippen LogP contribution in [0.2, 0.25) is 0 Å². The van der Waals surface area contributed by atoms with E-state index in [9.17, 15) is 9.18 Å². The first kappa shape index (κ1) is 11.6. The lowest BCUT2D eigenvalue weighted by atomic mass is 9.95. The van der Waals surface area contributed by atoms with Crippen molar-refractivity contribution in [1.82, 2.24) is 0 Å². The first-order chi connectivity index (χ1) is 9.29. The molecule has 1 nitrogen and oxygen atoms in total. The highest BCUT2D eigenvalue weighted by Gasteiger charge is 2.06. The summed E-state index contributed by atoms with van der Waals surface area (Å²) in [6, 6.07) is 17.8. The zero-order valence-electron chi connectivity index (χ0n) is 10.1. The summed E-state index contributed by atoms with van der Waals surface area (Å²) in [5.74, 6) is -0.252. The SMILES string of the molecule is O=Cc1ccc(-c2ccc(F)cc2)c2ccccc12. The van der Waals surface area contributed by atoms with E-state index in [4.69, 9.17) is 0 Å². The van der Waals surface area contributed by atoms with Crippen LogP contribution in [0.3, 0.4) is 0 Å². The Bertz CT molecular complexity index is 745. The van der Waals surface area contributed by atoms with Gasteiger partial charge in [0.1, 0.15) is 5.82 Å². The predicted molar refractivity (Wildman–Crippen MR) is 74.7 cm³/mol. The summed E-state index contributed by atoms with van der Waals surface area (Å²) >= 11 is 0. The minimum absolute atomic E-state index is 0.252. The molecule has 19 heavy (non-hydrogen) atoms. The Morgan fingerprint density at radius 2 is 1.47 bits per heavy atom. The van der Waals surface area contributed by atoms with Crippen molar-refractivity contribution in [2.75, 3.05) is 0 Å². The van der Waals surface area contributed by atoms with E-state index in [1.54, 1.807) is 18.2 Å². The first-order valence-corrected chi connectivity index (χ1v) is 6.02. The molecule has 0 fully saturated rings. The lowest BCUT2D eigenvalue weighted by molar-refractivity contribution is 0.112. The molecule has 0 aromatic heterocycles. The molecule has 0 bridgehead atoms. The van der Waals surface area contributed by atoms with E-state index in [-0.39, 0.29) is 5.82 Å². The van der Waals surface area contributed by atoms with Crippen molar-refractivity contribution in [2.45, 2.75) is 0 Å². The summed E-state index contributed by atoms with van der Waals surface area (Å²) in [6.07, 6.45) is 0.858. The molecule has 92 valence electrons. The van der Waals surface area contributed by atoms with E-state index in [0.717, 1.165) is 28.2 Å². The van der Waals surface area contributed by atoms with Crippen molar-refractivity contribution >= 4 is 17.1 Å². The summed E-state index contributed by atoms with van der Waals surface area (Å²) in [5, 5.41) is 1.91. The molecule has 0 saturated heterocycles. The Morgan fingerprint density at radius 3 is 2.16 bits per heavy atom. The molecule has 0 atom stereocenters. The van der Waals surface area contributed by atoms with Crippen LogP contribution in [0.25, 0.3) is 21.9 Å². The van der Waals surface area contributed by atoms with Gasteiger partial charge in [-0.2, -0.15) is 0 Å². The number of hydrogen-bond acceptors (Lipinski definition) is 1. The van der Waals surface area contributed by atoms with Gasteiger partial charge in [0.05, 0.1) is 0 Å². The molecule has 0 heterocycles. The molecule has 0 aliphatic rings. The molecule has 3 aromatic carbocycles. The Hall–Kier alpha value is -2.48. The van der Waals surface area contributed by atoms with E-state index in [0.29, 0.717) is 5.56 Å². The zero-order valence-corrected chi connectivity index (χ0v) is 10.1. The maximum Gasteiger partial charge on any atom is 0.150 e. The van der Waals surface area contributed by atoms with Crippen molar-refractivity contribution in [1.29, 1.82) is 0 Å². The number of halogens is 1. The Morgan fingerprint density at radius 1 is 0.789 bits per heavy atom. The van der Waals surface area contributed by atoms with E-state index >= 15 is 0 Å². The van der Waals surface area contributed by atoms with Gasteiger partial charge in [-0.25, -0.2) is 4.39 Å². The molecule has 0 spiro atoms. The fraction of sp³-hybridized carbons (Fsp3) is 0. The molecule has 3 rings (SSSR count). The molecule has 0 radical (unpaired) electrons. The molecule has 2 heteroatoms. The maximum absolute atomic E-state index is 13.0. The minimum atomic E-state index is -0.252. The van der Waals surface area contributed by atoms with Crippen molar-refractivity contribution in [3.05, 3.63) is 72.0 Å². The van der Waals surface area contributed by atoms with Crippen LogP contribution in [-0.4, -0.2) is 6.29 Å². The molecule has 0 N–H and O–H groups in total. The quantitative estimate of drug-likeness (QED) is 0.614. The third-order valence-electron chi connectivity index (χ3n) is 3.24. The van der Waals surface area contributed by atoms with E-state index < -0.39 is 0 Å². The van der Waals surface area contributed by atoms with Gasteiger partial charge in [-0.3, -0.25) is 4.79 Å². The highest BCUT2D eigenvalue weighted by Crippen LogP contribution is 2.30. The molecule has 3 aromatic rings. The third-order valence-corrected chi connectivity index (χ3v) is 3.24.